The van der Waals surface area contributed by atoms with Crippen LogP contribution in [0.15, 0.2) is 48.5 Å². The summed E-state index contributed by atoms with van der Waals surface area (Å²) in [4.78, 5) is 53.0. The minimum absolute atomic E-state index is 0.108. The van der Waals surface area contributed by atoms with Crippen LogP contribution >= 0.6 is 0 Å². The summed E-state index contributed by atoms with van der Waals surface area (Å²) in [5.41, 5.74) is 0.215. The van der Waals surface area contributed by atoms with Crippen LogP contribution in [0.3, 0.4) is 0 Å². The molecule has 2 aromatic carbocycles. The molecule has 4 rings (SSSR count). The molecule has 7 nitrogen and oxygen atoms in total. The third kappa shape index (κ3) is 4.12. The Hall–Kier alpha value is -3.55. The molecule has 1 aliphatic heterocycles. The number of anilines is 1. The molecule has 1 atom stereocenters. The van der Waals surface area contributed by atoms with Crippen LogP contribution in [0.1, 0.15) is 49.4 Å². The van der Waals surface area contributed by atoms with E-state index in [1.165, 1.54) is 54.3 Å². The summed E-state index contributed by atoms with van der Waals surface area (Å²) in [6, 6.07) is 10.4. The highest BCUT2D eigenvalue weighted by Gasteiger charge is 2.47. The second-order valence-electron chi connectivity index (χ2n) is 8.01. The molecule has 2 aliphatic rings. The molecule has 0 N–H and O–H groups in total. The van der Waals surface area contributed by atoms with Gasteiger partial charge in [0.25, 0.3) is 11.8 Å². The van der Waals surface area contributed by atoms with Crippen LogP contribution in [0.25, 0.3) is 0 Å². The summed E-state index contributed by atoms with van der Waals surface area (Å²) in [5, 5.41) is 0. The van der Waals surface area contributed by atoms with Crippen molar-refractivity contribution in [3.05, 3.63) is 59.9 Å². The number of imide groups is 1. The van der Waals surface area contributed by atoms with Crippen molar-refractivity contribution in [2.75, 3.05) is 4.90 Å². The Balaban J connectivity index is 1.63. The van der Waals surface area contributed by atoms with Crippen molar-refractivity contribution in [1.82, 2.24) is 4.90 Å². The number of hydrogen-bond acceptors (Lipinski definition) is 5. The summed E-state index contributed by atoms with van der Waals surface area (Å²) < 4.78 is 19.4. The molecule has 0 radical (unpaired) electrons. The van der Waals surface area contributed by atoms with E-state index in [1.807, 2.05) is 0 Å². The maximum Gasteiger partial charge on any atom is 0.308 e. The van der Waals surface area contributed by atoms with Gasteiger partial charge >= 0.3 is 5.97 Å². The van der Waals surface area contributed by atoms with Gasteiger partial charge in [-0.2, -0.15) is 0 Å². The number of esters is 1. The lowest BCUT2D eigenvalue weighted by Crippen LogP contribution is -2.50. The first-order valence-electron chi connectivity index (χ1n) is 10.6. The quantitative estimate of drug-likeness (QED) is 0.406. The van der Waals surface area contributed by atoms with Gasteiger partial charge in [-0.3, -0.25) is 19.2 Å². The maximum absolute atomic E-state index is 14.4. The summed E-state index contributed by atoms with van der Waals surface area (Å²) >= 11 is 0. The second kappa shape index (κ2) is 8.90. The maximum atomic E-state index is 14.4. The minimum Gasteiger partial charge on any atom is -0.427 e. The highest BCUT2D eigenvalue weighted by Crippen LogP contribution is 2.33. The summed E-state index contributed by atoms with van der Waals surface area (Å²) in [7, 11) is 0. The molecule has 2 aromatic rings. The topological polar surface area (TPSA) is 84.0 Å². The number of amides is 3. The van der Waals surface area contributed by atoms with E-state index in [2.05, 4.69) is 0 Å². The van der Waals surface area contributed by atoms with E-state index in [0.717, 1.165) is 17.7 Å². The number of halogens is 1. The highest BCUT2D eigenvalue weighted by atomic mass is 19.1. The van der Waals surface area contributed by atoms with E-state index in [-0.39, 0.29) is 18.0 Å². The van der Waals surface area contributed by atoms with Crippen molar-refractivity contribution in [3.8, 4) is 5.75 Å². The molecule has 32 heavy (non-hydrogen) atoms. The molecule has 0 aromatic heterocycles. The van der Waals surface area contributed by atoms with Gasteiger partial charge in [0.2, 0.25) is 5.91 Å². The van der Waals surface area contributed by atoms with Crippen LogP contribution in [0, 0.1) is 5.82 Å². The number of nitrogens with zero attached hydrogens (tertiary/aromatic N) is 2. The predicted octanol–water partition coefficient (Wildman–Crippen LogP) is 3.47. The van der Waals surface area contributed by atoms with Crippen molar-refractivity contribution in [2.45, 2.75) is 51.1 Å². The van der Waals surface area contributed by atoms with Crippen LogP contribution in [-0.4, -0.2) is 40.7 Å². The van der Waals surface area contributed by atoms with Gasteiger partial charge in [0.05, 0.1) is 17.7 Å². The fourth-order valence-corrected chi connectivity index (χ4v) is 4.45. The van der Waals surface area contributed by atoms with Gasteiger partial charge < -0.3 is 9.64 Å². The molecule has 1 aliphatic carbocycles. The lowest BCUT2D eigenvalue weighted by atomic mass is 10.1. The number of hydrogen-bond donors (Lipinski definition) is 0. The Morgan fingerprint density at radius 1 is 1.03 bits per heavy atom. The number of carbonyl (C=O) groups excluding carboxylic acids is 4. The van der Waals surface area contributed by atoms with Crippen molar-refractivity contribution in [3.63, 3.8) is 0 Å². The monoisotopic (exact) mass is 438 g/mol. The molecule has 166 valence electrons. The molecule has 3 amide bonds. The Labute approximate surface area is 184 Å². The molecule has 2 fully saturated rings. The molecular formula is C24H23FN2O5. The Morgan fingerprint density at radius 3 is 2.31 bits per heavy atom. The van der Waals surface area contributed by atoms with Gasteiger partial charge in [-0.15, -0.1) is 0 Å². The third-order valence-corrected chi connectivity index (χ3v) is 5.87. The van der Waals surface area contributed by atoms with Crippen molar-refractivity contribution in [2.24, 2.45) is 0 Å². The molecule has 1 saturated heterocycles. The van der Waals surface area contributed by atoms with Gasteiger partial charge in [-0.05, 0) is 49.2 Å². The van der Waals surface area contributed by atoms with Crippen molar-refractivity contribution < 1.29 is 28.3 Å². The fourth-order valence-electron chi connectivity index (χ4n) is 4.45. The van der Waals surface area contributed by atoms with Gasteiger partial charge in [0.1, 0.15) is 17.6 Å². The van der Waals surface area contributed by atoms with Crippen LogP contribution < -0.4 is 9.64 Å². The van der Waals surface area contributed by atoms with E-state index < -0.39 is 35.5 Å². The van der Waals surface area contributed by atoms with Gasteiger partial charge in [-0.1, -0.05) is 25.0 Å². The Kier molecular flexibility index (Phi) is 6.03. The van der Waals surface area contributed by atoms with E-state index >= 15 is 0 Å². The third-order valence-electron chi connectivity index (χ3n) is 5.87. The number of ether oxygens (including phenoxy) is 1. The van der Waals surface area contributed by atoms with Gasteiger partial charge in [0.15, 0.2) is 0 Å². The summed E-state index contributed by atoms with van der Waals surface area (Å²) in [6.07, 6.45) is 3.05. The Bertz CT molecular complexity index is 1060. The van der Waals surface area contributed by atoms with E-state index in [4.69, 9.17) is 4.74 Å². The Morgan fingerprint density at radius 2 is 1.69 bits per heavy atom. The fraction of sp³-hybridized carbons (Fsp3) is 0.333. The van der Waals surface area contributed by atoms with Crippen molar-refractivity contribution in [1.29, 1.82) is 0 Å². The van der Waals surface area contributed by atoms with Gasteiger partial charge in [0, 0.05) is 13.0 Å². The zero-order chi connectivity index (χ0) is 22.8. The average Bonchev–Trinajstić information content (AvgIpc) is 3.38. The standard InChI is InChI=1S/C24H23FN2O5/c1-15(28)32-18-12-10-17(11-13-18)27-22(29)14-21(24(27)31)26(16-6-2-3-7-16)23(30)19-8-4-5-9-20(19)25/h4-5,8-13,16,21H,2-3,6-7,14H2,1H3. The normalized spacial score (nSPS) is 18.8. The zero-order valence-electron chi connectivity index (χ0n) is 17.6. The number of benzene rings is 2. The minimum atomic E-state index is -0.995. The summed E-state index contributed by atoms with van der Waals surface area (Å²) in [6.45, 7) is 1.27. The van der Waals surface area contributed by atoms with Crippen LogP contribution in [0.5, 0.6) is 5.75 Å². The second-order valence-corrected chi connectivity index (χ2v) is 8.01. The SMILES string of the molecule is CC(=O)Oc1ccc(N2C(=O)CC(N(C(=O)c3ccccc3F)C3CCCC3)C2=O)cc1. The molecule has 0 spiro atoms. The zero-order valence-corrected chi connectivity index (χ0v) is 17.6. The molecule has 0 bridgehead atoms. The first kappa shape index (κ1) is 21.7. The van der Waals surface area contributed by atoms with Crippen molar-refractivity contribution >= 4 is 29.4 Å². The molecule has 1 saturated carbocycles. The lowest BCUT2D eigenvalue weighted by molar-refractivity contribution is -0.132. The first-order valence-corrected chi connectivity index (χ1v) is 10.6. The molecule has 1 heterocycles. The summed E-state index contributed by atoms with van der Waals surface area (Å²) in [5.74, 6) is -2.39. The highest BCUT2D eigenvalue weighted by molar-refractivity contribution is 6.23. The van der Waals surface area contributed by atoms with Gasteiger partial charge in [-0.25, -0.2) is 9.29 Å². The van der Waals surface area contributed by atoms with Crippen LogP contribution in [0.2, 0.25) is 0 Å². The largest absolute Gasteiger partial charge is 0.427 e. The van der Waals surface area contributed by atoms with E-state index in [9.17, 15) is 23.6 Å². The lowest BCUT2D eigenvalue weighted by Gasteiger charge is -2.33. The van der Waals surface area contributed by atoms with Crippen LogP contribution in [0.4, 0.5) is 10.1 Å². The van der Waals surface area contributed by atoms with E-state index in [1.54, 1.807) is 6.07 Å². The predicted molar refractivity (Wildman–Crippen MR) is 113 cm³/mol. The number of rotatable bonds is 5. The molecule has 8 heteroatoms. The first-order chi connectivity index (χ1) is 15.4. The number of carbonyl (C=O) groups is 4. The average molecular weight is 438 g/mol. The van der Waals surface area contributed by atoms with E-state index in [0.29, 0.717) is 24.3 Å². The van der Waals surface area contributed by atoms with Crippen LogP contribution in [-0.2, 0) is 14.4 Å². The smallest absolute Gasteiger partial charge is 0.308 e. The molecular weight excluding hydrogens is 415 g/mol. The molecule has 1 unspecified atom stereocenters.